The molecule has 1 unspecified atom stereocenters. The molecule has 1 N–H and O–H groups in total. The van der Waals surface area contributed by atoms with E-state index in [0.717, 1.165) is 10.5 Å². The number of amides is 4. The number of imide groups is 1. The van der Waals surface area contributed by atoms with Crippen molar-refractivity contribution in [2.45, 2.75) is 46.2 Å². The van der Waals surface area contributed by atoms with E-state index in [1.165, 1.54) is 4.90 Å². The molecular formula is C23H27N3O4. The number of benzene rings is 2. The molecule has 0 radical (unpaired) electrons. The van der Waals surface area contributed by atoms with E-state index in [2.05, 4.69) is 5.32 Å². The van der Waals surface area contributed by atoms with Gasteiger partial charge < -0.3 is 15.0 Å². The average molecular weight is 409 g/mol. The molecule has 158 valence electrons. The molecule has 1 atom stereocenters. The molecule has 1 aliphatic heterocycles. The van der Waals surface area contributed by atoms with Crippen LogP contribution >= 0.6 is 0 Å². The Labute approximate surface area is 176 Å². The van der Waals surface area contributed by atoms with Crippen LogP contribution in [-0.4, -0.2) is 41.4 Å². The van der Waals surface area contributed by atoms with Crippen molar-refractivity contribution in [3.8, 4) is 5.75 Å². The molecule has 0 bridgehead atoms. The predicted molar refractivity (Wildman–Crippen MR) is 116 cm³/mol. The fourth-order valence-electron chi connectivity index (χ4n) is 3.50. The number of hydrogen-bond donors (Lipinski definition) is 1. The van der Waals surface area contributed by atoms with Crippen molar-refractivity contribution in [1.29, 1.82) is 0 Å². The Bertz CT molecular complexity index is 922. The lowest BCUT2D eigenvalue weighted by molar-refractivity contribution is -0.124. The number of anilines is 2. The van der Waals surface area contributed by atoms with E-state index in [0.29, 0.717) is 23.7 Å². The number of nitrogens with one attached hydrogen (secondary N) is 1. The Kier molecular flexibility index (Phi) is 6.40. The molecule has 2 aromatic carbocycles. The maximum Gasteiger partial charge on any atom is 0.332 e. The molecule has 7 heteroatoms. The minimum Gasteiger partial charge on any atom is -0.494 e. The van der Waals surface area contributed by atoms with E-state index >= 15 is 0 Å². The highest BCUT2D eigenvalue weighted by atomic mass is 16.5. The van der Waals surface area contributed by atoms with E-state index in [9.17, 15) is 14.4 Å². The van der Waals surface area contributed by atoms with E-state index in [1.807, 2.05) is 39.8 Å². The van der Waals surface area contributed by atoms with Crippen molar-refractivity contribution in [2.75, 3.05) is 16.8 Å². The van der Waals surface area contributed by atoms with Gasteiger partial charge in [-0.15, -0.1) is 0 Å². The lowest BCUT2D eigenvalue weighted by atomic mass is 10.1. The standard InChI is InChI=1S/C23H27N3O4/c1-5-30-19-12-8-17(9-13-19)24-21(27)14-20-22(28)26(23(29)25(20)15(2)3)18-10-6-16(4)7-11-18/h6-13,15,20H,5,14H2,1-4H3,(H,24,27). The first-order valence-electron chi connectivity index (χ1n) is 10.1. The van der Waals surface area contributed by atoms with E-state index in [-0.39, 0.29) is 24.3 Å². The minimum absolute atomic E-state index is 0.113. The summed E-state index contributed by atoms with van der Waals surface area (Å²) in [6.45, 7) is 8.07. The number of aryl methyl sites for hydroxylation is 1. The van der Waals surface area contributed by atoms with Crippen LogP contribution in [0.3, 0.4) is 0 Å². The first kappa shape index (κ1) is 21.4. The van der Waals surface area contributed by atoms with E-state index < -0.39 is 12.1 Å². The first-order chi connectivity index (χ1) is 14.3. The van der Waals surface area contributed by atoms with Gasteiger partial charge in [-0.25, -0.2) is 9.69 Å². The monoisotopic (exact) mass is 409 g/mol. The van der Waals surface area contributed by atoms with Gasteiger partial charge >= 0.3 is 6.03 Å². The number of carbonyl (C=O) groups excluding carboxylic acids is 3. The minimum atomic E-state index is -0.846. The molecule has 3 rings (SSSR count). The molecule has 0 spiro atoms. The molecule has 2 aromatic rings. The van der Waals surface area contributed by atoms with Crippen LogP contribution in [0, 0.1) is 6.92 Å². The van der Waals surface area contributed by atoms with Crippen LogP contribution in [0.15, 0.2) is 48.5 Å². The highest BCUT2D eigenvalue weighted by molar-refractivity contribution is 6.22. The van der Waals surface area contributed by atoms with Crippen molar-refractivity contribution in [1.82, 2.24) is 4.90 Å². The third-order valence-corrected chi connectivity index (χ3v) is 4.93. The zero-order chi connectivity index (χ0) is 21.8. The van der Waals surface area contributed by atoms with Gasteiger partial charge in [-0.05, 0) is 64.1 Å². The van der Waals surface area contributed by atoms with Gasteiger partial charge in [-0.1, -0.05) is 17.7 Å². The molecule has 1 saturated heterocycles. The van der Waals surface area contributed by atoms with Crippen LogP contribution in [-0.2, 0) is 9.59 Å². The van der Waals surface area contributed by atoms with E-state index in [4.69, 9.17) is 4.74 Å². The fraction of sp³-hybridized carbons (Fsp3) is 0.348. The summed E-state index contributed by atoms with van der Waals surface area (Å²) < 4.78 is 5.39. The summed E-state index contributed by atoms with van der Waals surface area (Å²) in [5.41, 5.74) is 2.15. The van der Waals surface area contributed by atoms with Crippen LogP contribution < -0.4 is 15.0 Å². The Hall–Kier alpha value is -3.35. The summed E-state index contributed by atoms with van der Waals surface area (Å²) >= 11 is 0. The van der Waals surface area contributed by atoms with Gasteiger partial charge in [0.1, 0.15) is 11.8 Å². The summed E-state index contributed by atoms with van der Waals surface area (Å²) in [4.78, 5) is 41.3. The Balaban J connectivity index is 1.75. The third-order valence-electron chi connectivity index (χ3n) is 4.93. The zero-order valence-corrected chi connectivity index (χ0v) is 17.7. The lowest BCUT2D eigenvalue weighted by Gasteiger charge is -2.25. The van der Waals surface area contributed by atoms with Crippen LogP contribution in [0.1, 0.15) is 32.8 Å². The zero-order valence-electron chi connectivity index (χ0n) is 17.7. The van der Waals surface area contributed by atoms with Crippen LogP contribution in [0.5, 0.6) is 5.75 Å². The molecule has 0 aromatic heterocycles. The Morgan fingerprint density at radius 1 is 1.07 bits per heavy atom. The molecule has 1 heterocycles. The number of carbonyl (C=O) groups is 3. The molecule has 30 heavy (non-hydrogen) atoms. The summed E-state index contributed by atoms with van der Waals surface area (Å²) in [6, 6.07) is 12.7. The molecule has 4 amide bonds. The van der Waals surface area contributed by atoms with Gasteiger partial charge in [0.05, 0.1) is 18.7 Å². The summed E-state index contributed by atoms with van der Waals surface area (Å²) in [5, 5.41) is 2.79. The molecule has 1 fully saturated rings. The van der Waals surface area contributed by atoms with Crippen molar-refractivity contribution >= 4 is 29.2 Å². The van der Waals surface area contributed by atoms with Gasteiger partial charge in [-0.2, -0.15) is 0 Å². The quantitative estimate of drug-likeness (QED) is 0.702. The van der Waals surface area contributed by atoms with Crippen molar-refractivity contribution < 1.29 is 19.1 Å². The van der Waals surface area contributed by atoms with Gasteiger partial charge in [0, 0.05) is 11.7 Å². The normalized spacial score (nSPS) is 16.4. The van der Waals surface area contributed by atoms with E-state index in [1.54, 1.807) is 36.4 Å². The Morgan fingerprint density at radius 2 is 1.70 bits per heavy atom. The van der Waals surface area contributed by atoms with Gasteiger partial charge in [-0.3, -0.25) is 9.59 Å². The highest BCUT2D eigenvalue weighted by Crippen LogP contribution is 2.29. The third kappa shape index (κ3) is 4.45. The molecule has 0 aliphatic carbocycles. The number of hydrogen-bond acceptors (Lipinski definition) is 4. The summed E-state index contributed by atoms with van der Waals surface area (Å²) in [5.74, 6) is -0.00657. The maximum atomic E-state index is 13.1. The smallest absolute Gasteiger partial charge is 0.332 e. The van der Waals surface area contributed by atoms with Gasteiger partial charge in [0.2, 0.25) is 5.91 Å². The fourth-order valence-corrected chi connectivity index (χ4v) is 3.50. The van der Waals surface area contributed by atoms with Crippen molar-refractivity contribution in [3.05, 3.63) is 54.1 Å². The van der Waals surface area contributed by atoms with Crippen LogP contribution in [0.25, 0.3) is 0 Å². The summed E-state index contributed by atoms with van der Waals surface area (Å²) in [7, 11) is 0. The van der Waals surface area contributed by atoms with Crippen molar-refractivity contribution in [3.63, 3.8) is 0 Å². The molecular weight excluding hydrogens is 382 g/mol. The second kappa shape index (κ2) is 8.98. The number of ether oxygens (including phenoxy) is 1. The number of urea groups is 1. The van der Waals surface area contributed by atoms with Crippen LogP contribution in [0.2, 0.25) is 0 Å². The summed E-state index contributed by atoms with van der Waals surface area (Å²) in [6.07, 6.45) is -0.113. The number of nitrogens with zero attached hydrogens (tertiary/aromatic N) is 2. The number of rotatable bonds is 7. The van der Waals surface area contributed by atoms with Gasteiger partial charge in [0.25, 0.3) is 5.91 Å². The maximum absolute atomic E-state index is 13.1. The second-order valence-corrected chi connectivity index (χ2v) is 7.52. The first-order valence-corrected chi connectivity index (χ1v) is 10.1. The molecule has 0 saturated carbocycles. The average Bonchev–Trinajstić information content (AvgIpc) is 2.94. The van der Waals surface area contributed by atoms with Gasteiger partial charge in [0.15, 0.2) is 0 Å². The Morgan fingerprint density at radius 3 is 2.27 bits per heavy atom. The lowest BCUT2D eigenvalue weighted by Crippen LogP contribution is -2.42. The van der Waals surface area contributed by atoms with Crippen molar-refractivity contribution in [2.24, 2.45) is 0 Å². The van der Waals surface area contributed by atoms with Crippen LogP contribution in [0.4, 0.5) is 16.2 Å². The highest BCUT2D eigenvalue weighted by Gasteiger charge is 2.47. The molecule has 7 nitrogen and oxygen atoms in total. The SMILES string of the molecule is CCOc1ccc(NC(=O)CC2C(=O)N(c3ccc(C)cc3)C(=O)N2C(C)C)cc1. The topological polar surface area (TPSA) is 79.0 Å². The molecule has 1 aliphatic rings. The predicted octanol–water partition coefficient (Wildman–Crippen LogP) is 3.97. The largest absolute Gasteiger partial charge is 0.494 e. The second-order valence-electron chi connectivity index (χ2n) is 7.52.